The highest BCUT2D eigenvalue weighted by Crippen LogP contribution is 2.54. The van der Waals surface area contributed by atoms with Crippen LogP contribution in [0.25, 0.3) is 0 Å². The highest BCUT2D eigenvalue weighted by molar-refractivity contribution is 6.32. The molecule has 22 nitrogen and oxygen atoms in total. The lowest BCUT2D eigenvalue weighted by Gasteiger charge is -2.42. The first kappa shape index (κ1) is 53.3. The maximum absolute atomic E-state index is 13.6. The summed E-state index contributed by atoms with van der Waals surface area (Å²) in [5.41, 5.74) is 5.75. The van der Waals surface area contributed by atoms with Crippen LogP contribution in [-0.2, 0) is 41.4 Å². The van der Waals surface area contributed by atoms with Gasteiger partial charge in [-0.2, -0.15) is 0 Å². The SMILES string of the molecule is CC(=O)[C@]1(O)Cc2c(O)c3c(c(O)c2[C@@H](O[C@H]2C[C@H](N)[C@H](O)[C@H](C)O2)C1)C(=O)c1ccccc1C3=O.COc1cccc2c1C(=O)c1c(O)c3c(c(O)c1C2=O)C[C@@](O)(C(=O)CO)C[C@@H]3O[C@H]1C[C@H](N)[C@H](O)[C@H](C)O1. The Kier molecular flexibility index (Phi) is 13.9. The number of aliphatic hydroxyl groups excluding tert-OH is 3. The number of benzene rings is 4. The summed E-state index contributed by atoms with van der Waals surface area (Å²) in [6, 6.07) is 9.04. The van der Waals surface area contributed by atoms with E-state index >= 15 is 0 Å². The smallest absolute Gasteiger partial charge is 0.202 e. The number of phenolic OH excluding ortho intramolecular Hbond substituents is 4. The van der Waals surface area contributed by atoms with E-state index in [-0.39, 0.29) is 80.6 Å². The number of rotatable bonds is 8. The van der Waals surface area contributed by atoms with Crippen LogP contribution in [0.1, 0.15) is 145 Å². The summed E-state index contributed by atoms with van der Waals surface area (Å²) in [6.07, 6.45) is -9.50. The molecule has 0 radical (unpaired) electrons. The van der Waals surface area contributed by atoms with Gasteiger partial charge in [-0.1, -0.05) is 36.4 Å². The van der Waals surface area contributed by atoms with Crippen molar-refractivity contribution in [2.75, 3.05) is 13.7 Å². The molecule has 13 N–H and O–H groups in total. The van der Waals surface area contributed by atoms with Crippen molar-refractivity contribution in [3.63, 3.8) is 0 Å². The van der Waals surface area contributed by atoms with E-state index in [1.807, 2.05) is 0 Å². The Labute approximate surface area is 427 Å². The average molecular weight is 1040 g/mol. The number of ketones is 6. The molecule has 0 amide bonds. The zero-order chi connectivity index (χ0) is 54.5. The highest BCUT2D eigenvalue weighted by Gasteiger charge is 2.52. The first-order chi connectivity index (χ1) is 35.4. The quantitative estimate of drug-likeness (QED) is 0.0948. The molecule has 2 heterocycles. The molecule has 75 heavy (non-hydrogen) atoms. The zero-order valence-electron chi connectivity index (χ0n) is 40.9. The molecule has 2 fully saturated rings. The largest absolute Gasteiger partial charge is 0.507 e. The van der Waals surface area contributed by atoms with E-state index in [1.54, 1.807) is 26.0 Å². The number of hydrogen-bond acceptors (Lipinski definition) is 22. The zero-order valence-corrected chi connectivity index (χ0v) is 40.9. The number of carbonyl (C=O) groups excluding carboxylic acids is 6. The predicted molar refractivity (Wildman–Crippen MR) is 256 cm³/mol. The number of fused-ring (bicyclic) bond motifs is 6. The van der Waals surface area contributed by atoms with Gasteiger partial charge in [0.2, 0.25) is 5.78 Å². The second kappa shape index (κ2) is 19.5. The van der Waals surface area contributed by atoms with Gasteiger partial charge in [0.1, 0.15) is 46.6 Å². The van der Waals surface area contributed by atoms with Gasteiger partial charge < -0.3 is 81.1 Å². The molecule has 0 aromatic heterocycles. The fourth-order valence-electron chi connectivity index (χ4n) is 11.2. The molecular formula is C53H56N2O20. The van der Waals surface area contributed by atoms with Crippen LogP contribution in [0.3, 0.4) is 0 Å². The van der Waals surface area contributed by atoms with Crippen molar-refractivity contribution in [2.45, 2.75) is 132 Å². The monoisotopic (exact) mass is 1040 g/mol. The van der Waals surface area contributed by atoms with Crippen LogP contribution >= 0.6 is 0 Å². The van der Waals surface area contributed by atoms with Gasteiger partial charge in [-0.3, -0.25) is 28.8 Å². The molecule has 2 aliphatic heterocycles. The van der Waals surface area contributed by atoms with Gasteiger partial charge >= 0.3 is 0 Å². The summed E-state index contributed by atoms with van der Waals surface area (Å²) in [6.45, 7) is 3.36. The van der Waals surface area contributed by atoms with E-state index in [2.05, 4.69) is 0 Å². The lowest BCUT2D eigenvalue weighted by atomic mass is 9.72. The molecule has 6 aliphatic rings. The fraction of sp³-hybridized carbons (Fsp3) is 0.434. The van der Waals surface area contributed by atoms with Gasteiger partial charge in [-0.15, -0.1) is 0 Å². The van der Waals surface area contributed by atoms with Crippen molar-refractivity contribution in [2.24, 2.45) is 11.5 Å². The molecule has 4 aromatic rings. The van der Waals surface area contributed by atoms with E-state index in [1.165, 1.54) is 44.4 Å². The van der Waals surface area contributed by atoms with E-state index in [9.17, 15) is 74.7 Å². The van der Waals surface area contributed by atoms with Crippen molar-refractivity contribution < 1.29 is 98.4 Å². The topological polar surface area (TPSA) is 383 Å². The van der Waals surface area contributed by atoms with Crippen LogP contribution in [0.4, 0.5) is 0 Å². The molecule has 0 spiro atoms. The van der Waals surface area contributed by atoms with Crippen molar-refractivity contribution in [1.82, 2.24) is 0 Å². The Morgan fingerprint density at radius 3 is 1.48 bits per heavy atom. The molecule has 0 saturated carbocycles. The fourth-order valence-corrected chi connectivity index (χ4v) is 11.2. The Morgan fingerprint density at radius 2 is 1.04 bits per heavy atom. The van der Waals surface area contributed by atoms with Crippen molar-refractivity contribution in [3.05, 3.63) is 109 Å². The third kappa shape index (κ3) is 8.68. The predicted octanol–water partition coefficient (Wildman–Crippen LogP) is 1.02. The number of phenols is 4. The standard InChI is InChI=1S/C27H29NO11.C26H27NO9/c1-10-22(31)13(28)6-17(38-10)39-15-8-27(36,16(30)9-29)7-12-19(15)26(35)21-20(24(12)33)23(32)11-4-3-5-14(37-2)18(11)25(21)34;1-10-21(29)15(27)7-17(35-10)36-16-9-26(34,11(2)28)8-14-18(16)25(33)20-19(24(14)32)22(30)12-5-3-4-6-13(12)23(20)31/h3-5,10,13,15,17,22,29,31,33,35-36H,6-9,28H2,1-2H3;3-6,10,15-17,21,29,32-34H,7-9,27H2,1-2H3/t10-,13-,15-,17-,22+,27-;10-,15-,16-,17-,21+,26-/m00/s1. The Hall–Kier alpha value is -6.54. The number of Topliss-reactive ketones (excluding diaryl/α,β-unsaturated/α-hetero) is 2. The summed E-state index contributed by atoms with van der Waals surface area (Å²) in [5, 5.41) is 97.5. The molecule has 0 unspecified atom stereocenters. The molecule has 12 atom stereocenters. The van der Waals surface area contributed by atoms with Gasteiger partial charge in [0.05, 0.1) is 71.6 Å². The number of nitrogens with two attached hydrogens (primary N) is 2. The number of aliphatic hydroxyl groups is 5. The molecule has 10 rings (SSSR count). The van der Waals surface area contributed by atoms with Crippen LogP contribution in [0.5, 0.6) is 28.7 Å². The van der Waals surface area contributed by atoms with E-state index < -0.39 is 167 Å². The number of ether oxygens (including phenoxy) is 5. The molecular weight excluding hydrogens is 985 g/mol. The first-order valence-corrected chi connectivity index (χ1v) is 24.1. The molecule has 2 saturated heterocycles. The summed E-state index contributed by atoms with van der Waals surface area (Å²) in [5.74, 6) is -6.83. The van der Waals surface area contributed by atoms with Gasteiger partial charge in [0, 0.05) is 89.6 Å². The van der Waals surface area contributed by atoms with Crippen LogP contribution in [0.15, 0.2) is 42.5 Å². The van der Waals surface area contributed by atoms with Crippen molar-refractivity contribution in [3.8, 4) is 28.7 Å². The Balaban J connectivity index is 0.000000184. The second-order valence-corrected chi connectivity index (χ2v) is 20.0. The minimum absolute atomic E-state index is 0.00588. The second-order valence-electron chi connectivity index (χ2n) is 20.0. The molecule has 22 heteroatoms. The maximum atomic E-state index is 13.6. The van der Waals surface area contributed by atoms with Crippen LogP contribution < -0.4 is 16.2 Å². The molecule has 4 aliphatic carbocycles. The third-order valence-electron chi connectivity index (χ3n) is 15.3. The van der Waals surface area contributed by atoms with Crippen molar-refractivity contribution >= 4 is 34.7 Å². The maximum Gasteiger partial charge on any atom is 0.202 e. The van der Waals surface area contributed by atoms with E-state index in [4.69, 9.17) is 35.2 Å². The lowest BCUT2D eigenvalue weighted by molar-refractivity contribution is -0.247. The van der Waals surface area contributed by atoms with Gasteiger partial charge in [0.15, 0.2) is 41.5 Å². The minimum Gasteiger partial charge on any atom is -0.507 e. The molecule has 0 bridgehead atoms. The molecule has 4 aromatic carbocycles. The highest BCUT2D eigenvalue weighted by atomic mass is 16.7. The normalized spacial score (nSPS) is 30.6. The molecule has 398 valence electrons. The Morgan fingerprint density at radius 1 is 0.627 bits per heavy atom. The van der Waals surface area contributed by atoms with E-state index in [0.29, 0.717) is 0 Å². The Bertz CT molecular complexity index is 3080. The van der Waals surface area contributed by atoms with Gasteiger partial charge in [0.25, 0.3) is 0 Å². The third-order valence-corrected chi connectivity index (χ3v) is 15.3. The van der Waals surface area contributed by atoms with Crippen LogP contribution in [0, 0.1) is 0 Å². The van der Waals surface area contributed by atoms with Gasteiger partial charge in [-0.05, 0) is 26.8 Å². The summed E-state index contributed by atoms with van der Waals surface area (Å²) >= 11 is 0. The van der Waals surface area contributed by atoms with Gasteiger partial charge in [-0.25, -0.2) is 0 Å². The first-order valence-electron chi connectivity index (χ1n) is 24.1. The lowest BCUT2D eigenvalue weighted by Crippen LogP contribution is -2.53. The summed E-state index contributed by atoms with van der Waals surface area (Å²) in [7, 11) is 1.32. The van der Waals surface area contributed by atoms with Crippen LogP contribution in [-0.4, -0.2) is 155 Å². The van der Waals surface area contributed by atoms with Crippen molar-refractivity contribution in [1.29, 1.82) is 0 Å². The van der Waals surface area contributed by atoms with Crippen LogP contribution in [0.2, 0.25) is 0 Å². The average Bonchev–Trinajstić information content (AvgIpc) is 3.40. The number of carbonyl (C=O) groups is 6. The number of aromatic hydroxyl groups is 4. The number of methoxy groups -OCH3 is 1. The number of hydrogen-bond donors (Lipinski definition) is 11. The van der Waals surface area contributed by atoms with E-state index in [0.717, 1.165) is 0 Å². The summed E-state index contributed by atoms with van der Waals surface area (Å²) < 4.78 is 28.8. The minimum atomic E-state index is -2.24. The summed E-state index contributed by atoms with van der Waals surface area (Å²) in [4.78, 5) is 78.8.